The van der Waals surface area contributed by atoms with E-state index in [4.69, 9.17) is 4.98 Å². The fraction of sp³-hybridized carbons (Fsp3) is 0.375. The van der Waals surface area contributed by atoms with Crippen molar-refractivity contribution in [1.82, 2.24) is 19.4 Å². The zero-order valence-electron chi connectivity index (χ0n) is 12.1. The van der Waals surface area contributed by atoms with Crippen molar-refractivity contribution < 1.29 is 0 Å². The molecule has 4 rings (SSSR count). The van der Waals surface area contributed by atoms with Gasteiger partial charge in [0.2, 0.25) is 0 Å². The quantitative estimate of drug-likeness (QED) is 0.727. The van der Waals surface area contributed by atoms with E-state index in [-0.39, 0.29) is 0 Å². The maximum absolute atomic E-state index is 4.85. The number of likely N-dealkylation sites (tertiary alicyclic amines) is 1. The summed E-state index contributed by atoms with van der Waals surface area (Å²) in [5.74, 6) is 1.07. The molecule has 1 atom stereocenters. The van der Waals surface area contributed by atoms with Crippen molar-refractivity contribution in [2.24, 2.45) is 0 Å². The van der Waals surface area contributed by atoms with Gasteiger partial charge in [-0.3, -0.25) is 0 Å². The molecule has 0 saturated carbocycles. The molecule has 0 aromatic carbocycles. The summed E-state index contributed by atoms with van der Waals surface area (Å²) < 4.78 is 2.36. The smallest absolute Gasteiger partial charge is 0.160 e. The van der Waals surface area contributed by atoms with Gasteiger partial charge in [-0.05, 0) is 50.0 Å². The summed E-state index contributed by atoms with van der Waals surface area (Å²) in [5.41, 5.74) is 2.01. The first-order valence-corrected chi connectivity index (χ1v) is 8.26. The summed E-state index contributed by atoms with van der Waals surface area (Å²) >= 11 is 1.75. The number of rotatable bonds is 2. The van der Waals surface area contributed by atoms with E-state index in [1.807, 2.05) is 12.3 Å². The minimum Gasteiger partial charge on any atom is -0.304 e. The topological polar surface area (TPSA) is 34.0 Å². The SMILES string of the molecule is CN1CCCC(n2c(-c3cccs3)nc3cccnc32)C1. The highest BCUT2D eigenvalue weighted by atomic mass is 32.1. The van der Waals surface area contributed by atoms with Crippen LogP contribution in [0.15, 0.2) is 35.8 Å². The molecule has 1 fully saturated rings. The summed E-state index contributed by atoms with van der Waals surface area (Å²) in [6, 6.07) is 8.72. The first kappa shape index (κ1) is 13.0. The molecule has 3 aromatic rings. The molecule has 4 heterocycles. The maximum Gasteiger partial charge on any atom is 0.160 e. The Kier molecular flexibility index (Phi) is 3.24. The number of hydrogen-bond donors (Lipinski definition) is 0. The third-order valence-electron chi connectivity index (χ3n) is 4.16. The lowest BCUT2D eigenvalue weighted by Gasteiger charge is -2.31. The minimum atomic E-state index is 0.459. The lowest BCUT2D eigenvalue weighted by Crippen LogP contribution is -2.33. The standard InChI is InChI=1S/C16H18N4S/c1-19-9-3-5-12(11-19)20-15-13(6-2-8-17-15)18-16(20)14-7-4-10-21-14/h2,4,6-8,10,12H,3,5,9,11H2,1H3. The third-order valence-corrected chi connectivity index (χ3v) is 5.02. The van der Waals surface area contributed by atoms with Crippen LogP contribution in [0.3, 0.4) is 0 Å². The lowest BCUT2D eigenvalue weighted by atomic mass is 10.1. The molecule has 1 saturated heterocycles. The predicted molar refractivity (Wildman–Crippen MR) is 86.6 cm³/mol. The van der Waals surface area contributed by atoms with Gasteiger partial charge < -0.3 is 9.47 Å². The fourth-order valence-corrected chi connectivity index (χ4v) is 3.92. The highest BCUT2D eigenvalue weighted by molar-refractivity contribution is 7.13. The normalized spacial score (nSPS) is 20.1. The van der Waals surface area contributed by atoms with Gasteiger partial charge in [0.1, 0.15) is 5.52 Å². The summed E-state index contributed by atoms with van der Waals surface area (Å²) in [6.45, 7) is 2.26. The second-order valence-electron chi connectivity index (χ2n) is 5.69. The van der Waals surface area contributed by atoms with Crippen molar-refractivity contribution in [3.05, 3.63) is 35.8 Å². The Bertz CT molecular complexity index is 747. The second-order valence-corrected chi connectivity index (χ2v) is 6.63. The predicted octanol–water partition coefficient (Wildman–Crippen LogP) is 3.43. The number of aromatic nitrogens is 3. The van der Waals surface area contributed by atoms with E-state index in [9.17, 15) is 0 Å². The second kappa shape index (κ2) is 5.24. The molecular weight excluding hydrogens is 280 g/mol. The molecule has 0 aliphatic carbocycles. The van der Waals surface area contributed by atoms with Crippen LogP contribution in [-0.4, -0.2) is 39.6 Å². The highest BCUT2D eigenvalue weighted by Crippen LogP contribution is 2.33. The molecule has 1 unspecified atom stereocenters. The molecule has 0 radical (unpaired) electrons. The van der Waals surface area contributed by atoms with Crippen LogP contribution in [0.4, 0.5) is 0 Å². The van der Waals surface area contributed by atoms with Crippen molar-refractivity contribution in [2.45, 2.75) is 18.9 Å². The zero-order valence-corrected chi connectivity index (χ0v) is 12.9. The Morgan fingerprint density at radius 2 is 2.24 bits per heavy atom. The van der Waals surface area contributed by atoms with Gasteiger partial charge >= 0.3 is 0 Å². The molecule has 0 spiro atoms. The first-order valence-electron chi connectivity index (χ1n) is 7.38. The molecule has 0 N–H and O–H groups in total. The Balaban J connectivity index is 1.90. The summed E-state index contributed by atoms with van der Waals surface area (Å²) in [5, 5.41) is 2.11. The van der Waals surface area contributed by atoms with Crippen molar-refractivity contribution in [3.8, 4) is 10.7 Å². The van der Waals surface area contributed by atoms with Crippen LogP contribution in [0.1, 0.15) is 18.9 Å². The zero-order chi connectivity index (χ0) is 14.2. The van der Waals surface area contributed by atoms with E-state index in [2.05, 4.69) is 45.1 Å². The van der Waals surface area contributed by atoms with Crippen LogP contribution in [0.25, 0.3) is 21.9 Å². The van der Waals surface area contributed by atoms with Crippen molar-refractivity contribution in [1.29, 1.82) is 0 Å². The molecule has 3 aromatic heterocycles. The van der Waals surface area contributed by atoms with Gasteiger partial charge in [-0.15, -0.1) is 11.3 Å². The Labute approximate surface area is 128 Å². The Morgan fingerprint density at radius 1 is 1.29 bits per heavy atom. The monoisotopic (exact) mass is 298 g/mol. The molecule has 5 heteroatoms. The van der Waals surface area contributed by atoms with Gasteiger partial charge in [-0.25, -0.2) is 9.97 Å². The number of piperidine rings is 1. The van der Waals surface area contributed by atoms with E-state index in [0.29, 0.717) is 6.04 Å². The van der Waals surface area contributed by atoms with Crippen molar-refractivity contribution >= 4 is 22.5 Å². The van der Waals surface area contributed by atoms with Gasteiger partial charge in [0.05, 0.1) is 4.88 Å². The summed E-state index contributed by atoms with van der Waals surface area (Å²) in [7, 11) is 2.20. The molecule has 21 heavy (non-hydrogen) atoms. The lowest BCUT2D eigenvalue weighted by molar-refractivity contribution is 0.215. The van der Waals surface area contributed by atoms with Gasteiger partial charge in [0, 0.05) is 18.8 Å². The van der Waals surface area contributed by atoms with Crippen LogP contribution in [-0.2, 0) is 0 Å². The van der Waals surface area contributed by atoms with Crippen LogP contribution in [0.5, 0.6) is 0 Å². The van der Waals surface area contributed by atoms with Gasteiger partial charge in [-0.1, -0.05) is 6.07 Å². The molecule has 0 amide bonds. The van der Waals surface area contributed by atoms with E-state index < -0.39 is 0 Å². The van der Waals surface area contributed by atoms with Crippen molar-refractivity contribution in [2.75, 3.05) is 20.1 Å². The van der Waals surface area contributed by atoms with Gasteiger partial charge in [0.15, 0.2) is 11.5 Å². The van der Waals surface area contributed by atoms with E-state index >= 15 is 0 Å². The van der Waals surface area contributed by atoms with Crippen LogP contribution < -0.4 is 0 Å². The largest absolute Gasteiger partial charge is 0.304 e. The summed E-state index contributed by atoms with van der Waals surface area (Å²) in [4.78, 5) is 13.1. The van der Waals surface area contributed by atoms with Crippen LogP contribution in [0, 0.1) is 0 Å². The number of hydrogen-bond acceptors (Lipinski definition) is 4. The molecular formula is C16H18N4S. The first-order chi connectivity index (χ1) is 10.3. The number of nitrogens with zero attached hydrogens (tertiary/aromatic N) is 4. The molecule has 4 nitrogen and oxygen atoms in total. The van der Waals surface area contributed by atoms with Crippen LogP contribution in [0.2, 0.25) is 0 Å². The average molecular weight is 298 g/mol. The van der Waals surface area contributed by atoms with Crippen LogP contribution >= 0.6 is 11.3 Å². The Morgan fingerprint density at radius 3 is 3.05 bits per heavy atom. The number of likely N-dealkylation sites (N-methyl/N-ethyl adjacent to an activating group) is 1. The minimum absolute atomic E-state index is 0.459. The maximum atomic E-state index is 4.85. The summed E-state index contributed by atoms with van der Waals surface area (Å²) in [6.07, 6.45) is 4.30. The van der Waals surface area contributed by atoms with Gasteiger partial charge in [0.25, 0.3) is 0 Å². The Hall–Kier alpha value is -1.72. The number of thiophene rings is 1. The number of imidazole rings is 1. The molecule has 1 aliphatic heterocycles. The van der Waals surface area contributed by atoms with Gasteiger partial charge in [-0.2, -0.15) is 0 Å². The van der Waals surface area contributed by atoms with E-state index in [0.717, 1.165) is 23.5 Å². The fourth-order valence-electron chi connectivity index (χ4n) is 3.21. The molecule has 0 bridgehead atoms. The number of pyridine rings is 1. The third kappa shape index (κ3) is 2.26. The molecule has 108 valence electrons. The number of fused-ring (bicyclic) bond motifs is 1. The van der Waals surface area contributed by atoms with E-state index in [1.165, 1.54) is 24.3 Å². The highest BCUT2D eigenvalue weighted by Gasteiger charge is 2.25. The van der Waals surface area contributed by atoms with E-state index in [1.54, 1.807) is 11.3 Å². The molecule has 1 aliphatic rings. The van der Waals surface area contributed by atoms with Crippen molar-refractivity contribution in [3.63, 3.8) is 0 Å². The average Bonchev–Trinajstić information content (AvgIpc) is 3.14.